The predicted octanol–water partition coefficient (Wildman–Crippen LogP) is 5.38. The Morgan fingerprint density at radius 3 is 1.30 bits per heavy atom. The summed E-state index contributed by atoms with van der Waals surface area (Å²) in [4.78, 5) is 7.57. The second-order valence-electron chi connectivity index (χ2n) is 3.77. The van der Waals surface area contributed by atoms with Crippen LogP contribution in [0.1, 0.15) is 5.56 Å². The predicted molar refractivity (Wildman–Crippen MR) is 98.2 cm³/mol. The Hall–Kier alpha value is -1.41. The molecule has 2 heterocycles. The number of pyridine rings is 2. The van der Waals surface area contributed by atoms with Crippen molar-refractivity contribution < 1.29 is 13.5 Å². The van der Waals surface area contributed by atoms with E-state index < -0.39 is 13.5 Å². The van der Waals surface area contributed by atoms with E-state index in [1.165, 1.54) is 0 Å². The molecule has 0 atom stereocenters. The second-order valence-corrected chi connectivity index (χ2v) is 9.49. The Morgan fingerprint density at radius 1 is 0.652 bits per heavy atom. The number of hydrogen-bond acceptors (Lipinski definition) is 2. The molecule has 23 heavy (non-hydrogen) atoms. The van der Waals surface area contributed by atoms with Gasteiger partial charge in [0.2, 0.25) is 0 Å². The van der Waals surface area contributed by atoms with Gasteiger partial charge in [0, 0.05) is 24.8 Å². The summed E-state index contributed by atoms with van der Waals surface area (Å²) in [7, 11) is 11.3. The summed E-state index contributed by atoms with van der Waals surface area (Å²) in [5, 5.41) is 0. The third kappa shape index (κ3) is 13.9. The number of hydrogen-bond donors (Lipinski definition) is 0. The van der Waals surface area contributed by atoms with Crippen molar-refractivity contribution in [3.05, 3.63) is 105 Å². The van der Waals surface area contributed by atoms with E-state index in [-0.39, 0.29) is 7.43 Å². The van der Waals surface area contributed by atoms with E-state index in [0.717, 1.165) is 5.56 Å². The van der Waals surface area contributed by atoms with E-state index in [4.69, 9.17) is 19.4 Å². The van der Waals surface area contributed by atoms with Crippen LogP contribution in [0, 0.1) is 7.43 Å². The Kier molecular flexibility index (Phi) is 14.5. The van der Waals surface area contributed by atoms with Crippen molar-refractivity contribution in [3.8, 4) is 0 Å². The van der Waals surface area contributed by atoms with Gasteiger partial charge in [-0.2, -0.15) is 0 Å². The van der Waals surface area contributed by atoms with Crippen molar-refractivity contribution in [3.63, 3.8) is 0 Å². The van der Waals surface area contributed by atoms with Gasteiger partial charge >= 0.3 is 73.4 Å². The molecule has 2 nitrogen and oxygen atoms in total. The van der Waals surface area contributed by atoms with Crippen LogP contribution in [0.4, 0.5) is 0 Å². The molecule has 0 aliphatic heterocycles. The standard InChI is InChI=1S/C7H6.2C5H5N.CH3.2ClH.Ru/c1-7-5-3-2-4-6-7;2*1-2-4-6-5-3-1;;;;/h1-6H;2*1-5H;1H3;2*1H;/q;;;-1;;;+2/p-2. The van der Waals surface area contributed by atoms with E-state index in [1.54, 1.807) is 24.8 Å². The number of halogens is 2. The fourth-order valence-corrected chi connectivity index (χ4v) is 3.06. The minimum atomic E-state index is -1.61. The first-order chi connectivity index (χ1) is 10.8. The molecule has 0 amide bonds. The minimum Gasteiger partial charge on any atom is -0.265 e. The molecule has 124 valence electrons. The topological polar surface area (TPSA) is 25.8 Å². The molecular formula is C18H19Cl2N2Ru-. The number of aromatic nitrogens is 2. The molecule has 1 aromatic carbocycles. The van der Waals surface area contributed by atoms with E-state index in [2.05, 4.69) is 9.97 Å². The average Bonchev–Trinajstić information content (AvgIpc) is 2.59. The van der Waals surface area contributed by atoms with Gasteiger partial charge < -0.3 is 7.43 Å². The molecule has 0 radical (unpaired) electrons. The Labute approximate surface area is 151 Å². The van der Waals surface area contributed by atoms with E-state index in [9.17, 15) is 0 Å². The van der Waals surface area contributed by atoms with E-state index in [0.29, 0.717) is 0 Å². The van der Waals surface area contributed by atoms with Gasteiger partial charge in [-0.1, -0.05) is 12.1 Å². The number of benzene rings is 1. The maximum atomic E-state index is 5.67. The van der Waals surface area contributed by atoms with Crippen LogP contribution in [0.15, 0.2) is 91.5 Å². The second kappa shape index (κ2) is 15.5. The molecule has 0 saturated carbocycles. The Balaban J connectivity index is 0.000000325. The molecule has 0 saturated heterocycles. The van der Waals surface area contributed by atoms with Gasteiger partial charge in [0.05, 0.1) is 0 Å². The van der Waals surface area contributed by atoms with E-state index in [1.807, 2.05) is 71.3 Å². The Bertz CT molecular complexity index is 531. The molecule has 2 aromatic heterocycles. The molecule has 0 aliphatic rings. The van der Waals surface area contributed by atoms with Crippen LogP contribution in [-0.2, 0) is 13.5 Å². The minimum absolute atomic E-state index is 0. The molecule has 0 aliphatic carbocycles. The molecule has 3 rings (SSSR count). The zero-order valence-electron chi connectivity index (χ0n) is 12.7. The average molecular weight is 435 g/mol. The van der Waals surface area contributed by atoms with Crippen molar-refractivity contribution in [2.24, 2.45) is 0 Å². The maximum absolute atomic E-state index is 5.67. The molecule has 0 unspecified atom stereocenters. The van der Waals surface area contributed by atoms with Gasteiger partial charge in [-0.15, -0.1) is 0 Å². The SMILES string of the molecule is [CH3-].[Cl][Ru]([Cl])=[CH]c1ccccc1.c1ccncc1.c1ccncc1. The van der Waals surface area contributed by atoms with Gasteiger partial charge in [0.15, 0.2) is 0 Å². The van der Waals surface area contributed by atoms with E-state index >= 15 is 0 Å². The van der Waals surface area contributed by atoms with Crippen LogP contribution < -0.4 is 0 Å². The summed E-state index contributed by atoms with van der Waals surface area (Å²) >= 11 is -1.61. The van der Waals surface area contributed by atoms with Crippen LogP contribution in [0.2, 0.25) is 0 Å². The maximum Gasteiger partial charge on any atom is 0.0267 e. The smallest absolute Gasteiger partial charge is 0.0267 e. The van der Waals surface area contributed by atoms with Crippen molar-refractivity contribution in [2.45, 2.75) is 0 Å². The fourth-order valence-electron chi connectivity index (χ4n) is 1.24. The number of nitrogens with zero attached hydrogens (tertiary/aromatic N) is 2. The third-order valence-electron chi connectivity index (χ3n) is 2.13. The molecule has 5 heteroatoms. The van der Waals surface area contributed by atoms with Gasteiger partial charge in [-0.3, -0.25) is 9.97 Å². The van der Waals surface area contributed by atoms with Crippen molar-refractivity contribution in [2.75, 3.05) is 0 Å². The van der Waals surface area contributed by atoms with Gasteiger partial charge in [-0.05, 0) is 24.3 Å². The zero-order valence-corrected chi connectivity index (χ0v) is 16.0. The van der Waals surface area contributed by atoms with Crippen LogP contribution in [-0.4, -0.2) is 14.6 Å². The van der Waals surface area contributed by atoms with Crippen molar-refractivity contribution in [1.82, 2.24) is 9.97 Å². The summed E-state index contributed by atoms with van der Waals surface area (Å²) < 4.78 is 1.92. The van der Waals surface area contributed by atoms with Gasteiger partial charge in [0.25, 0.3) is 0 Å². The van der Waals surface area contributed by atoms with Crippen molar-refractivity contribution >= 4 is 24.0 Å². The Morgan fingerprint density at radius 2 is 1.04 bits per heavy atom. The fraction of sp³-hybridized carbons (Fsp3) is 0. The normalized spacial score (nSPS) is 8.87. The summed E-state index contributed by atoms with van der Waals surface area (Å²) in [6.07, 6.45) is 7.00. The first-order valence-electron chi connectivity index (χ1n) is 6.37. The van der Waals surface area contributed by atoms with Crippen molar-refractivity contribution in [1.29, 1.82) is 0 Å². The summed E-state index contributed by atoms with van der Waals surface area (Å²) in [5.41, 5.74) is 1.12. The number of rotatable bonds is 1. The van der Waals surface area contributed by atoms with Gasteiger partial charge in [0.1, 0.15) is 0 Å². The first-order valence-corrected chi connectivity index (χ1v) is 11.8. The first kappa shape index (κ1) is 21.6. The molecule has 0 N–H and O–H groups in total. The molecule has 3 aromatic rings. The molecule has 0 spiro atoms. The quantitative estimate of drug-likeness (QED) is 0.379. The summed E-state index contributed by atoms with van der Waals surface area (Å²) in [6, 6.07) is 21.3. The summed E-state index contributed by atoms with van der Waals surface area (Å²) in [6.45, 7) is 0. The van der Waals surface area contributed by atoms with Crippen LogP contribution in [0.5, 0.6) is 0 Å². The monoisotopic (exact) mass is 435 g/mol. The van der Waals surface area contributed by atoms with Gasteiger partial charge in [-0.25, -0.2) is 0 Å². The van der Waals surface area contributed by atoms with Crippen LogP contribution in [0.25, 0.3) is 0 Å². The largest absolute Gasteiger partial charge is 0.265 e. The molecule has 0 bridgehead atoms. The molecule has 0 fully saturated rings. The zero-order chi connectivity index (χ0) is 15.9. The van der Waals surface area contributed by atoms with Crippen LogP contribution in [0.3, 0.4) is 0 Å². The molecular weight excluding hydrogens is 416 g/mol. The third-order valence-corrected chi connectivity index (χ3v) is 4.00. The van der Waals surface area contributed by atoms with Crippen LogP contribution >= 0.6 is 19.4 Å². The summed E-state index contributed by atoms with van der Waals surface area (Å²) in [5.74, 6) is 0.